The van der Waals surface area contributed by atoms with Crippen LogP contribution in [0.5, 0.6) is 5.75 Å². The highest BCUT2D eigenvalue weighted by atomic mass is 32.2. The molecule has 0 radical (unpaired) electrons. The predicted molar refractivity (Wildman–Crippen MR) is 148 cm³/mol. The molecule has 2 aromatic heterocycles. The molecular formula is C28H24F2N4O5S2. The van der Waals surface area contributed by atoms with Gasteiger partial charge in [-0.3, -0.25) is 15.1 Å². The van der Waals surface area contributed by atoms with Gasteiger partial charge in [0.15, 0.2) is 14.8 Å². The van der Waals surface area contributed by atoms with Gasteiger partial charge in [-0.1, -0.05) is 29.1 Å². The maximum absolute atomic E-state index is 13.6. The number of halogens is 2. The number of nitrogens with zero attached hydrogens (tertiary/aromatic N) is 3. The van der Waals surface area contributed by atoms with Crippen molar-refractivity contribution in [1.82, 2.24) is 15.2 Å². The van der Waals surface area contributed by atoms with Gasteiger partial charge in [0, 0.05) is 35.4 Å². The van der Waals surface area contributed by atoms with E-state index >= 15 is 0 Å². The molecule has 2 N–H and O–H groups in total. The summed E-state index contributed by atoms with van der Waals surface area (Å²) < 4.78 is 56.0. The number of aromatic nitrogens is 3. The highest BCUT2D eigenvalue weighted by Crippen LogP contribution is 2.36. The second kappa shape index (κ2) is 11.5. The van der Waals surface area contributed by atoms with Gasteiger partial charge in [0.25, 0.3) is 12.3 Å². The number of carbonyl (C=O) groups excluding carboxylic acids is 1. The summed E-state index contributed by atoms with van der Waals surface area (Å²) in [7, 11) is -1.86. The number of amides is 1. The Bertz CT molecular complexity index is 1720. The average Bonchev–Trinajstić information content (AvgIpc) is 3.69. The minimum absolute atomic E-state index is 0.0273. The van der Waals surface area contributed by atoms with Gasteiger partial charge in [0.05, 0.1) is 24.8 Å². The smallest absolute Gasteiger partial charge is 0.280 e. The van der Waals surface area contributed by atoms with Crippen LogP contribution < -0.4 is 10.1 Å². The van der Waals surface area contributed by atoms with Crippen LogP contribution in [-0.2, 0) is 9.84 Å². The highest BCUT2D eigenvalue weighted by Gasteiger charge is 2.34. The van der Waals surface area contributed by atoms with Crippen LogP contribution in [0.25, 0.3) is 11.1 Å². The molecule has 212 valence electrons. The molecule has 5 rings (SSSR count). The van der Waals surface area contributed by atoms with E-state index in [4.69, 9.17) is 4.74 Å². The number of pyridine rings is 1. The lowest BCUT2D eigenvalue weighted by atomic mass is 9.94. The Kier molecular flexibility index (Phi) is 8.04. The van der Waals surface area contributed by atoms with Gasteiger partial charge < -0.3 is 9.84 Å². The van der Waals surface area contributed by atoms with Gasteiger partial charge in [-0.15, -0.1) is 10.2 Å². The molecule has 41 heavy (non-hydrogen) atoms. The van der Waals surface area contributed by atoms with Crippen molar-refractivity contribution in [3.63, 3.8) is 0 Å². The zero-order valence-corrected chi connectivity index (χ0v) is 23.4. The molecule has 13 heteroatoms. The van der Waals surface area contributed by atoms with E-state index in [-0.39, 0.29) is 51.9 Å². The molecule has 3 aromatic rings. The summed E-state index contributed by atoms with van der Waals surface area (Å²) in [5.74, 6) is 11.2. The van der Waals surface area contributed by atoms with E-state index in [1.165, 1.54) is 19.2 Å². The zero-order valence-electron chi connectivity index (χ0n) is 21.8. The SMILES string of the molecule is COc1cnc(C(F)F)cc1-c1cc(C#CC2(O)CCS(=O)(=O)CC2)ccc1C(=O)Nc1nnc(C#CC2CC2)s1. The first-order chi connectivity index (χ1) is 19.5. The standard InChI is InChI=1S/C28H24F2N4O5S2/c1-39-23-16-31-22(25(29)30)15-21(23)20-14-18(8-9-28(36)10-12-41(37,38)13-11-28)4-6-19(20)26(35)32-27-34-33-24(40-27)7-5-17-2-3-17/h4,6,14-17,25,36H,2-3,10-13H2,1H3,(H,32,34,35). The van der Waals surface area contributed by atoms with Crippen molar-refractivity contribution in [1.29, 1.82) is 0 Å². The van der Waals surface area contributed by atoms with Crippen LogP contribution in [0.15, 0.2) is 30.5 Å². The summed E-state index contributed by atoms with van der Waals surface area (Å²) in [5.41, 5.74) is -1.11. The molecule has 1 aliphatic heterocycles. The molecule has 3 heterocycles. The van der Waals surface area contributed by atoms with E-state index in [9.17, 15) is 27.1 Å². The summed E-state index contributed by atoms with van der Waals surface area (Å²) in [6.07, 6.45) is 0.350. The molecule has 0 unspecified atom stereocenters. The number of benzene rings is 1. The van der Waals surface area contributed by atoms with Gasteiger partial charge in [0.2, 0.25) is 5.13 Å². The van der Waals surface area contributed by atoms with Crippen molar-refractivity contribution in [2.75, 3.05) is 23.9 Å². The Hall–Kier alpha value is -3.91. The third kappa shape index (κ3) is 7.06. The van der Waals surface area contributed by atoms with Gasteiger partial charge in [-0.05, 0) is 48.6 Å². The Balaban J connectivity index is 1.51. The van der Waals surface area contributed by atoms with E-state index < -0.39 is 33.5 Å². The third-order valence-corrected chi connectivity index (χ3v) is 8.99. The second-order valence-electron chi connectivity index (χ2n) is 9.71. The summed E-state index contributed by atoms with van der Waals surface area (Å²) in [6, 6.07) is 5.68. The Morgan fingerprint density at radius 2 is 1.93 bits per heavy atom. The van der Waals surface area contributed by atoms with Gasteiger partial charge in [0.1, 0.15) is 17.0 Å². The van der Waals surface area contributed by atoms with Crippen LogP contribution in [0.3, 0.4) is 0 Å². The average molecular weight is 599 g/mol. The fourth-order valence-corrected chi connectivity index (χ4v) is 6.17. The summed E-state index contributed by atoms with van der Waals surface area (Å²) in [5, 5.41) is 22.1. The maximum atomic E-state index is 13.6. The van der Waals surface area contributed by atoms with Crippen molar-refractivity contribution in [3.8, 4) is 40.6 Å². The minimum Gasteiger partial charge on any atom is -0.494 e. The molecule has 0 atom stereocenters. The van der Waals surface area contributed by atoms with Crippen molar-refractivity contribution in [2.24, 2.45) is 5.92 Å². The monoisotopic (exact) mass is 598 g/mol. The number of carbonyl (C=O) groups is 1. The zero-order chi connectivity index (χ0) is 29.2. The van der Waals surface area contributed by atoms with Crippen LogP contribution in [0.1, 0.15) is 58.7 Å². The first-order valence-electron chi connectivity index (χ1n) is 12.6. The molecule has 9 nitrogen and oxygen atoms in total. The lowest BCUT2D eigenvalue weighted by Crippen LogP contribution is -2.37. The summed E-state index contributed by atoms with van der Waals surface area (Å²) >= 11 is 1.11. The first kappa shape index (κ1) is 28.6. The maximum Gasteiger partial charge on any atom is 0.280 e. The first-order valence-corrected chi connectivity index (χ1v) is 15.3. The number of aliphatic hydroxyl groups is 1. The molecule has 1 aliphatic carbocycles. The van der Waals surface area contributed by atoms with Crippen LogP contribution in [-0.4, -0.2) is 58.8 Å². The molecule has 2 aliphatic rings. The number of anilines is 1. The summed E-state index contributed by atoms with van der Waals surface area (Å²) in [4.78, 5) is 17.1. The minimum atomic E-state index is -3.21. The fraction of sp³-hybridized carbons (Fsp3) is 0.357. The molecule has 0 spiro atoms. The van der Waals surface area contributed by atoms with Crippen molar-refractivity contribution >= 4 is 32.2 Å². The number of alkyl halides is 2. The van der Waals surface area contributed by atoms with Crippen molar-refractivity contribution in [3.05, 3.63) is 52.3 Å². The Labute approximate surface area is 239 Å². The van der Waals surface area contributed by atoms with Crippen molar-refractivity contribution in [2.45, 2.75) is 37.7 Å². The lowest BCUT2D eigenvalue weighted by Gasteiger charge is -2.26. The number of sulfone groups is 1. The quantitative estimate of drug-likeness (QED) is 0.424. The lowest BCUT2D eigenvalue weighted by molar-refractivity contribution is 0.0906. The number of hydrogen-bond donors (Lipinski definition) is 2. The van der Waals surface area contributed by atoms with Crippen LogP contribution >= 0.6 is 11.3 Å². The normalized spacial score (nSPS) is 17.1. The molecule has 0 bridgehead atoms. The number of nitrogens with one attached hydrogen (secondary N) is 1. The molecule has 1 saturated carbocycles. The van der Waals surface area contributed by atoms with E-state index in [1.54, 1.807) is 6.07 Å². The Morgan fingerprint density at radius 1 is 1.17 bits per heavy atom. The number of hydrogen-bond acceptors (Lipinski definition) is 9. The van der Waals surface area contributed by atoms with E-state index in [0.717, 1.165) is 36.4 Å². The van der Waals surface area contributed by atoms with Crippen LogP contribution in [0.2, 0.25) is 0 Å². The second-order valence-corrected chi connectivity index (χ2v) is 13.0. The Morgan fingerprint density at radius 3 is 2.61 bits per heavy atom. The summed E-state index contributed by atoms with van der Waals surface area (Å²) in [6.45, 7) is 0. The highest BCUT2D eigenvalue weighted by molar-refractivity contribution is 7.91. The number of rotatable bonds is 5. The van der Waals surface area contributed by atoms with Crippen LogP contribution in [0.4, 0.5) is 13.9 Å². The molecular weight excluding hydrogens is 574 g/mol. The molecule has 1 saturated heterocycles. The topological polar surface area (TPSA) is 131 Å². The molecule has 1 aromatic carbocycles. The predicted octanol–water partition coefficient (Wildman–Crippen LogP) is 3.85. The van der Waals surface area contributed by atoms with E-state index in [1.807, 2.05) is 0 Å². The molecule has 1 amide bonds. The van der Waals surface area contributed by atoms with Crippen LogP contribution in [0, 0.1) is 29.6 Å². The number of ether oxygens (including phenoxy) is 1. The number of methoxy groups -OCH3 is 1. The van der Waals surface area contributed by atoms with Gasteiger partial charge in [-0.2, -0.15) is 0 Å². The third-order valence-electron chi connectivity index (χ3n) is 6.59. The molecule has 2 fully saturated rings. The van der Waals surface area contributed by atoms with Gasteiger partial charge >= 0.3 is 0 Å². The largest absolute Gasteiger partial charge is 0.494 e. The van der Waals surface area contributed by atoms with Crippen molar-refractivity contribution < 1.29 is 31.8 Å². The fourth-order valence-electron chi connectivity index (χ4n) is 4.06. The van der Waals surface area contributed by atoms with E-state index in [2.05, 4.69) is 44.2 Å². The van der Waals surface area contributed by atoms with E-state index in [0.29, 0.717) is 16.5 Å². The van der Waals surface area contributed by atoms with Gasteiger partial charge in [-0.25, -0.2) is 17.2 Å².